The highest BCUT2D eigenvalue weighted by Gasteiger charge is 2.35. The number of alkyl halides is 3. The zero-order chi connectivity index (χ0) is 9.78. The van der Waals surface area contributed by atoms with Gasteiger partial charge in [0, 0.05) is 5.75 Å². The average Bonchev–Trinajstić information content (AvgIpc) is 1.84. The second kappa shape index (κ2) is 4.78. The van der Waals surface area contributed by atoms with E-state index in [9.17, 15) is 21.9 Å². The van der Waals surface area contributed by atoms with Crippen LogP contribution in [-0.4, -0.2) is 26.7 Å². The Hall–Kier alpha value is -0.140. The molecule has 0 aliphatic rings. The molecule has 0 aliphatic heterocycles. The van der Waals surface area contributed by atoms with E-state index in [-0.39, 0.29) is 18.6 Å². The normalized spacial score (nSPS) is 17.4. The van der Waals surface area contributed by atoms with E-state index in [0.717, 1.165) is 0 Å². The van der Waals surface area contributed by atoms with Crippen molar-refractivity contribution in [3.63, 3.8) is 0 Å². The first-order chi connectivity index (χ1) is 5.34. The van der Waals surface area contributed by atoms with E-state index in [0.29, 0.717) is 0 Å². The molecule has 0 spiro atoms. The van der Waals surface area contributed by atoms with Gasteiger partial charge < -0.3 is 10.3 Å². The minimum atomic E-state index is -4.43. The first-order valence-corrected chi connectivity index (χ1v) is 4.46. The predicted molar refractivity (Wildman–Crippen MR) is 37.1 cm³/mol. The zero-order valence-electron chi connectivity index (χ0n) is 6.13. The van der Waals surface area contributed by atoms with Gasteiger partial charge in [0.25, 0.3) is 0 Å². The fourth-order valence-corrected chi connectivity index (χ4v) is 0.987. The standard InChI is InChI=1S/C5H10F3NO2S/c6-5(7,8)4(9)2-1-3-12(10)11/h4H,1-3,9H2,(H,10,11)/p-1. The van der Waals surface area contributed by atoms with Crippen LogP contribution in [0.4, 0.5) is 13.2 Å². The third-order valence-corrected chi connectivity index (χ3v) is 1.87. The first kappa shape index (κ1) is 11.9. The van der Waals surface area contributed by atoms with Gasteiger partial charge >= 0.3 is 6.18 Å². The van der Waals surface area contributed by atoms with E-state index >= 15 is 0 Å². The third-order valence-electron chi connectivity index (χ3n) is 1.25. The van der Waals surface area contributed by atoms with E-state index in [1.54, 1.807) is 0 Å². The first-order valence-electron chi connectivity index (χ1n) is 3.22. The van der Waals surface area contributed by atoms with Crippen LogP contribution < -0.4 is 5.73 Å². The molecule has 0 aromatic heterocycles. The lowest BCUT2D eigenvalue weighted by atomic mass is 10.2. The third kappa shape index (κ3) is 5.50. The van der Waals surface area contributed by atoms with Gasteiger partial charge in [-0.1, -0.05) is 11.1 Å². The van der Waals surface area contributed by atoms with Crippen molar-refractivity contribution >= 4 is 11.1 Å². The van der Waals surface area contributed by atoms with Crippen LogP contribution in [0.15, 0.2) is 0 Å². The maximum atomic E-state index is 11.7. The van der Waals surface area contributed by atoms with E-state index in [4.69, 9.17) is 5.73 Å². The van der Waals surface area contributed by atoms with Crippen molar-refractivity contribution in [3.05, 3.63) is 0 Å². The van der Waals surface area contributed by atoms with Gasteiger partial charge in [-0.2, -0.15) is 13.2 Å². The summed E-state index contributed by atoms with van der Waals surface area (Å²) < 4.78 is 54.9. The van der Waals surface area contributed by atoms with Gasteiger partial charge in [0.2, 0.25) is 0 Å². The minimum Gasteiger partial charge on any atom is -0.772 e. The fraction of sp³-hybridized carbons (Fsp3) is 1.00. The number of halogens is 3. The molecule has 74 valence electrons. The SMILES string of the molecule is NC(CCCS(=O)[O-])C(F)(F)F. The number of nitrogens with two attached hydrogens (primary N) is 1. The molecule has 7 heteroatoms. The number of hydrogen-bond acceptors (Lipinski definition) is 3. The van der Waals surface area contributed by atoms with Crippen LogP contribution in [0, 0.1) is 0 Å². The van der Waals surface area contributed by atoms with Crippen molar-refractivity contribution in [2.75, 3.05) is 5.75 Å². The van der Waals surface area contributed by atoms with Gasteiger partial charge in [0.15, 0.2) is 0 Å². The Morgan fingerprint density at radius 3 is 2.33 bits per heavy atom. The maximum absolute atomic E-state index is 11.7. The quantitative estimate of drug-likeness (QED) is 0.679. The summed E-state index contributed by atoms with van der Waals surface area (Å²) >= 11 is -2.28. The monoisotopic (exact) mass is 204 g/mol. The van der Waals surface area contributed by atoms with Crippen LogP contribution in [0.1, 0.15) is 12.8 Å². The Morgan fingerprint density at radius 1 is 1.50 bits per heavy atom. The molecular formula is C5H9F3NO2S-. The lowest BCUT2D eigenvalue weighted by Crippen LogP contribution is -2.37. The molecule has 2 atom stereocenters. The van der Waals surface area contributed by atoms with Crippen molar-refractivity contribution in [2.45, 2.75) is 25.1 Å². The Bertz CT molecular complexity index is 161. The summed E-state index contributed by atoms with van der Waals surface area (Å²) in [6, 6.07) is -1.92. The molecule has 2 unspecified atom stereocenters. The summed E-state index contributed by atoms with van der Waals surface area (Å²) in [4.78, 5) is 0. The van der Waals surface area contributed by atoms with Crippen LogP contribution in [0.5, 0.6) is 0 Å². The van der Waals surface area contributed by atoms with Crippen molar-refractivity contribution in [1.29, 1.82) is 0 Å². The molecule has 0 radical (unpaired) electrons. The van der Waals surface area contributed by atoms with Crippen LogP contribution in [0.25, 0.3) is 0 Å². The van der Waals surface area contributed by atoms with Gasteiger partial charge in [0.1, 0.15) is 6.04 Å². The Balaban J connectivity index is 3.58. The molecule has 0 aliphatic carbocycles. The average molecular weight is 204 g/mol. The van der Waals surface area contributed by atoms with Gasteiger partial charge in [-0.3, -0.25) is 4.21 Å². The lowest BCUT2D eigenvalue weighted by molar-refractivity contribution is -0.148. The lowest BCUT2D eigenvalue weighted by Gasteiger charge is -2.15. The largest absolute Gasteiger partial charge is 0.772 e. The van der Waals surface area contributed by atoms with Crippen molar-refractivity contribution in [1.82, 2.24) is 0 Å². The molecule has 0 aromatic carbocycles. The summed E-state index contributed by atoms with van der Waals surface area (Å²) in [5.74, 6) is -0.274. The molecule has 3 nitrogen and oxygen atoms in total. The van der Waals surface area contributed by atoms with Gasteiger partial charge in [-0.15, -0.1) is 0 Å². The Kier molecular flexibility index (Phi) is 4.73. The Labute approximate surface area is 70.4 Å². The molecule has 2 N–H and O–H groups in total. The van der Waals surface area contributed by atoms with Gasteiger partial charge in [-0.25, -0.2) is 0 Å². The Morgan fingerprint density at radius 2 is 2.00 bits per heavy atom. The summed E-state index contributed by atoms with van der Waals surface area (Å²) in [6.45, 7) is 0. The number of hydrogen-bond donors (Lipinski definition) is 1. The predicted octanol–water partition coefficient (Wildman–Crippen LogP) is 0.535. The summed E-state index contributed by atoms with van der Waals surface area (Å²) in [5.41, 5.74) is 4.71. The smallest absolute Gasteiger partial charge is 0.403 e. The molecular weight excluding hydrogens is 195 g/mol. The summed E-state index contributed by atoms with van der Waals surface area (Å²) in [6.07, 6.45) is -4.83. The van der Waals surface area contributed by atoms with Crippen LogP contribution >= 0.6 is 0 Å². The highest BCUT2D eigenvalue weighted by molar-refractivity contribution is 7.79. The number of rotatable bonds is 4. The van der Waals surface area contributed by atoms with E-state index in [1.165, 1.54) is 0 Å². The topological polar surface area (TPSA) is 66.2 Å². The fourth-order valence-electron chi connectivity index (χ4n) is 0.585. The van der Waals surface area contributed by atoms with Crippen LogP contribution in [0.3, 0.4) is 0 Å². The van der Waals surface area contributed by atoms with Crippen LogP contribution in [-0.2, 0) is 11.1 Å². The molecule has 0 rings (SSSR count). The van der Waals surface area contributed by atoms with Gasteiger partial charge in [0.05, 0.1) is 0 Å². The molecule has 0 fully saturated rings. The van der Waals surface area contributed by atoms with Crippen molar-refractivity contribution in [2.24, 2.45) is 5.73 Å². The van der Waals surface area contributed by atoms with E-state index in [2.05, 4.69) is 0 Å². The highest BCUT2D eigenvalue weighted by atomic mass is 32.2. The summed E-state index contributed by atoms with van der Waals surface area (Å²) in [7, 11) is 0. The zero-order valence-corrected chi connectivity index (χ0v) is 6.95. The molecule has 0 saturated heterocycles. The molecule has 0 bridgehead atoms. The van der Waals surface area contributed by atoms with Crippen molar-refractivity contribution < 1.29 is 21.9 Å². The van der Waals surface area contributed by atoms with Crippen LogP contribution in [0.2, 0.25) is 0 Å². The molecule has 0 heterocycles. The maximum Gasteiger partial charge on any atom is 0.403 e. The molecule has 0 amide bonds. The van der Waals surface area contributed by atoms with Crippen molar-refractivity contribution in [3.8, 4) is 0 Å². The van der Waals surface area contributed by atoms with Gasteiger partial charge in [-0.05, 0) is 12.8 Å². The second-order valence-corrected chi connectivity index (χ2v) is 3.31. The highest BCUT2D eigenvalue weighted by Crippen LogP contribution is 2.21. The van der Waals surface area contributed by atoms with E-state index < -0.39 is 23.3 Å². The molecule has 0 saturated carbocycles. The summed E-state index contributed by atoms with van der Waals surface area (Å²) in [5, 5.41) is 0. The molecule has 0 aromatic rings. The minimum absolute atomic E-state index is 0.0587. The molecule has 12 heavy (non-hydrogen) atoms. The van der Waals surface area contributed by atoms with E-state index in [1.807, 2.05) is 0 Å². The second-order valence-electron chi connectivity index (χ2n) is 2.30.